The van der Waals surface area contributed by atoms with Crippen LogP contribution in [0.25, 0.3) is 0 Å². The molecule has 4 nitrogen and oxygen atoms in total. The van der Waals surface area contributed by atoms with Crippen LogP contribution in [0.5, 0.6) is 0 Å². The van der Waals surface area contributed by atoms with Crippen LogP contribution < -0.4 is 10.2 Å². The van der Waals surface area contributed by atoms with Gasteiger partial charge in [-0.2, -0.15) is 0 Å². The van der Waals surface area contributed by atoms with Gasteiger partial charge in [0.15, 0.2) is 0 Å². The van der Waals surface area contributed by atoms with Gasteiger partial charge >= 0.3 is 0 Å². The molecule has 0 atom stereocenters. The van der Waals surface area contributed by atoms with Crippen LogP contribution in [-0.2, 0) is 0 Å². The summed E-state index contributed by atoms with van der Waals surface area (Å²) >= 11 is 0. The maximum Gasteiger partial charge on any atom is 0.269 e. The van der Waals surface area contributed by atoms with Gasteiger partial charge < -0.3 is 10.2 Å². The van der Waals surface area contributed by atoms with Crippen molar-refractivity contribution in [3.8, 4) is 0 Å². The number of carbonyl (C=O) groups is 1. The Morgan fingerprint density at radius 1 is 1.21 bits per heavy atom. The van der Waals surface area contributed by atoms with Crippen molar-refractivity contribution in [2.75, 3.05) is 18.0 Å². The van der Waals surface area contributed by atoms with Gasteiger partial charge in [0, 0.05) is 18.8 Å². The Kier molecular flexibility index (Phi) is 6.36. The predicted octanol–water partition coefficient (Wildman–Crippen LogP) is 4.32. The Labute approximate surface area is 144 Å². The van der Waals surface area contributed by atoms with E-state index in [0.29, 0.717) is 18.2 Å². The molecular weight excluding hydrogens is 298 g/mol. The summed E-state index contributed by atoms with van der Waals surface area (Å²) in [5.74, 6) is 0.467. The fourth-order valence-corrected chi connectivity index (χ4v) is 2.56. The summed E-state index contributed by atoms with van der Waals surface area (Å²) in [6, 6.07) is 12.1. The van der Waals surface area contributed by atoms with Crippen molar-refractivity contribution in [3.05, 3.63) is 53.9 Å². The van der Waals surface area contributed by atoms with Crippen molar-refractivity contribution < 1.29 is 4.79 Å². The highest BCUT2D eigenvalue weighted by Gasteiger charge is 2.11. The van der Waals surface area contributed by atoms with Crippen LogP contribution in [0.15, 0.2) is 42.6 Å². The Morgan fingerprint density at radius 3 is 2.58 bits per heavy atom. The molecule has 2 rings (SSSR count). The molecule has 1 heterocycles. The smallest absolute Gasteiger partial charge is 0.269 e. The first kappa shape index (κ1) is 18.0. The zero-order chi connectivity index (χ0) is 17.5. The average Bonchev–Trinajstić information content (AvgIpc) is 2.56. The minimum atomic E-state index is -0.110. The molecule has 0 aliphatic heterocycles. The summed E-state index contributed by atoms with van der Waals surface area (Å²) in [5.41, 5.74) is 3.80. The number of aryl methyl sites for hydroxylation is 1. The summed E-state index contributed by atoms with van der Waals surface area (Å²) in [7, 11) is 0. The summed E-state index contributed by atoms with van der Waals surface area (Å²) in [5, 5.41) is 2.92. The Balaban J connectivity index is 2.08. The second-order valence-electron chi connectivity index (χ2n) is 6.42. The van der Waals surface area contributed by atoms with Gasteiger partial charge in [-0.3, -0.25) is 4.79 Å². The molecule has 128 valence electrons. The van der Waals surface area contributed by atoms with Gasteiger partial charge in [0.05, 0.1) is 11.9 Å². The van der Waals surface area contributed by atoms with E-state index in [1.165, 1.54) is 5.56 Å². The second kappa shape index (κ2) is 8.48. The molecule has 1 aromatic heterocycles. The van der Waals surface area contributed by atoms with Crippen molar-refractivity contribution >= 4 is 17.3 Å². The largest absolute Gasteiger partial charge is 0.351 e. The molecule has 1 N–H and O–H groups in total. The monoisotopic (exact) mass is 325 g/mol. The molecule has 0 saturated heterocycles. The lowest BCUT2D eigenvalue weighted by Crippen LogP contribution is -2.26. The van der Waals surface area contributed by atoms with E-state index in [-0.39, 0.29) is 5.91 Å². The van der Waals surface area contributed by atoms with E-state index >= 15 is 0 Å². The van der Waals surface area contributed by atoms with Crippen LogP contribution in [0.2, 0.25) is 0 Å². The highest BCUT2D eigenvalue weighted by atomic mass is 16.1. The van der Waals surface area contributed by atoms with E-state index in [2.05, 4.69) is 67.2 Å². The Hall–Kier alpha value is -2.36. The topological polar surface area (TPSA) is 45.2 Å². The van der Waals surface area contributed by atoms with Crippen molar-refractivity contribution in [1.29, 1.82) is 0 Å². The number of amides is 1. The van der Waals surface area contributed by atoms with Crippen LogP contribution in [0.3, 0.4) is 0 Å². The average molecular weight is 325 g/mol. The number of pyridine rings is 1. The number of hydrogen-bond acceptors (Lipinski definition) is 3. The van der Waals surface area contributed by atoms with Crippen molar-refractivity contribution in [3.63, 3.8) is 0 Å². The maximum atomic E-state index is 12.1. The van der Waals surface area contributed by atoms with Crippen molar-refractivity contribution in [1.82, 2.24) is 10.3 Å². The minimum absolute atomic E-state index is 0.110. The molecule has 0 radical (unpaired) electrons. The lowest BCUT2D eigenvalue weighted by Gasteiger charge is -2.23. The van der Waals surface area contributed by atoms with Crippen LogP contribution in [0, 0.1) is 12.8 Å². The lowest BCUT2D eigenvalue weighted by molar-refractivity contribution is 0.0947. The molecular formula is C20H27N3O. The van der Waals surface area contributed by atoms with Gasteiger partial charge in [-0.25, -0.2) is 4.98 Å². The number of hydrogen-bond donors (Lipinski definition) is 1. The van der Waals surface area contributed by atoms with E-state index in [4.69, 9.17) is 0 Å². The number of nitrogens with one attached hydrogen (secondary N) is 1. The van der Waals surface area contributed by atoms with Crippen LogP contribution in [-0.4, -0.2) is 24.0 Å². The summed E-state index contributed by atoms with van der Waals surface area (Å²) < 4.78 is 0. The number of rotatable bonds is 7. The Morgan fingerprint density at radius 2 is 2.00 bits per heavy atom. The normalized spacial score (nSPS) is 10.7. The van der Waals surface area contributed by atoms with Gasteiger partial charge in [-0.1, -0.05) is 26.0 Å². The first-order chi connectivity index (χ1) is 11.5. The van der Waals surface area contributed by atoms with Crippen molar-refractivity contribution in [2.45, 2.75) is 34.1 Å². The summed E-state index contributed by atoms with van der Waals surface area (Å²) in [6.45, 7) is 10.00. The molecule has 0 aliphatic carbocycles. The van der Waals surface area contributed by atoms with E-state index in [9.17, 15) is 4.79 Å². The molecule has 0 spiro atoms. The summed E-state index contributed by atoms with van der Waals surface area (Å²) in [6.07, 6.45) is 2.74. The van der Waals surface area contributed by atoms with Gasteiger partial charge in [0.2, 0.25) is 0 Å². The predicted molar refractivity (Wildman–Crippen MR) is 99.9 cm³/mol. The van der Waals surface area contributed by atoms with Gasteiger partial charge in [0.1, 0.15) is 5.69 Å². The van der Waals surface area contributed by atoms with Gasteiger partial charge in [-0.05, 0) is 56.0 Å². The number of benzene rings is 1. The zero-order valence-electron chi connectivity index (χ0n) is 15.0. The third-order valence-electron chi connectivity index (χ3n) is 3.93. The molecule has 1 aromatic carbocycles. The van der Waals surface area contributed by atoms with E-state index in [1.54, 1.807) is 12.3 Å². The molecule has 0 bridgehead atoms. The second-order valence-corrected chi connectivity index (χ2v) is 6.42. The highest BCUT2D eigenvalue weighted by Crippen LogP contribution is 2.25. The quantitative estimate of drug-likeness (QED) is 0.824. The fourth-order valence-electron chi connectivity index (χ4n) is 2.56. The maximum absolute atomic E-state index is 12.1. The van der Waals surface area contributed by atoms with Crippen LogP contribution >= 0.6 is 0 Å². The SMILES string of the molecule is CCN(c1ccc(C(=O)NCCC(C)C)nc1)c1cccc(C)c1. The number of nitrogens with zero attached hydrogens (tertiary/aromatic N) is 2. The third-order valence-corrected chi connectivity index (χ3v) is 3.93. The molecule has 0 aliphatic rings. The number of anilines is 2. The lowest BCUT2D eigenvalue weighted by atomic mass is 10.1. The van der Waals surface area contributed by atoms with Crippen molar-refractivity contribution in [2.24, 2.45) is 5.92 Å². The first-order valence-corrected chi connectivity index (χ1v) is 8.59. The van der Waals surface area contributed by atoms with Gasteiger partial charge in [0.25, 0.3) is 5.91 Å². The third kappa shape index (κ3) is 4.82. The molecule has 0 fully saturated rings. The minimum Gasteiger partial charge on any atom is -0.351 e. The fraction of sp³-hybridized carbons (Fsp3) is 0.400. The molecule has 1 amide bonds. The highest BCUT2D eigenvalue weighted by molar-refractivity contribution is 5.92. The molecule has 0 saturated carbocycles. The summed E-state index contributed by atoms with van der Waals surface area (Å²) in [4.78, 5) is 18.6. The van der Waals surface area contributed by atoms with Crippen LogP contribution in [0.1, 0.15) is 43.2 Å². The molecule has 0 unspecified atom stereocenters. The first-order valence-electron chi connectivity index (χ1n) is 8.59. The number of carbonyl (C=O) groups excluding carboxylic acids is 1. The standard InChI is InChI=1S/C20H27N3O/c1-5-23(17-8-6-7-16(4)13-17)18-9-10-19(22-14-18)20(24)21-12-11-15(2)3/h6-10,13-15H,5,11-12H2,1-4H3,(H,21,24). The molecule has 4 heteroatoms. The van der Waals surface area contributed by atoms with Gasteiger partial charge in [-0.15, -0.1) is 0 Å². The molecule has 24 heavy (non-hydrogen) atoms. The number of aromatic nitrogens is 1. The van der Waals surface area contributed by atoms with E-state index < -0.39 is 0 Å². The zero-order valence-corrected chi connectivity index (χ0v) is 15.0. The van der Waals surface area contributed by atoms with E-state index in [0.717, 1.165) is 24.3 Å². The van der Waals surface area contributed by atoms with E-state index in [1.807, 2.05) is 6.07 Å². The van der Waals surface area contributed by atoms with Crippen LogP contribution in [0.4, 0.5) is 11.4 Å². The Bertz CT molecular complexity index is 665. The molecule has 2 aromatic rings.